The highest BCUT2D eigenvalue weighted by Crippen LogP contribution is 2.25. The molecule has 3 rings (SSSR count). The fourth-order valence-electron chi connectivity index (χ4n) is 2.99. The molecule has 0 radical (unpaired) electrons. The Bertz CT molecular complexity index is 1110. The SMILES string of the molecule is CC(C)(Oc1ccc(C(=O)OCCn2cc(-c3ccc(C(C)(C)C)cc3)nn2)cc1)C(=O)O. The zero-order valence-corrected chi connectivity index (χ0v) is 19.5. The second-order valence-electron chi connectivity index (χ2n) is 9.27. The molecule has 1 N–H and O–H groups in total. The summed E-state index contributed by atoms with van der Waals surface area (Å²) in [4.78, 5) is 23.4. The van der Waals surface area contributed by atoms with Crippen molar-refractivity contribution in [3.05, 3.63) is 65.9 Å². The quantitative estimate of drug-likeness (QED) is 0.508. The molecule has 0 fully saturated rings. The molecule has 0 aliphatic carbocycles. The Balaban J connectivity index is 1.52. The Labute approximate surface area is 193 Å². The molecule has 0 saturated carbocycles. The van der Waals surface area contributed by atoms with Gasteiger partial charge in [0.05, 0.1) is 18.3 Å². The highest BCUT2D eigenvalue weighted by molar-refractivity contribution is 5.89. The molecule has 174 valence electrons. The van der Waals surface area contributed by atoms with Gasteiger partial charge in [-0.1, -0.05) is 50.3 Å². The van der Waals surface area contributed by atoms with Gasteiger partial charge >= 0.3 is 11.9 Å². The fraction of sp³-hybridized carbons (Fsp3) is 0.360. The third-order valence-corrected chi connectivity index (χ3v) is 5.12. The highest BCUT2D eigenvalue weighted by atomic mass is 16.5. The van der Waals surface area contributed by atoms with E-state index in [4.69, 9.17) is 14.6 Å². The van der Waals surface area contributed by atoms with Crippen LogP contribution in [-0.2, 0) is 21.5 Å². The van der Waals surface area contributed by atoms with Crippen molar-refractivity contribution in [2.75, 3.05) is 6.61 Å². The van der Waals surface area contributed by atoms with Crippen molar-refractivity contribution in [1.29, 1.82) is 0 Å². The molecule has 3 aromatic rings. The van der Waals surface area contributed by atoms with Gasteiger partial charge in [-0.2, -0.15) is 0 Å². The number of ether oxygens (including phenoxy) is 2. The molecule has 0 aliphatic rings. The summed E-state index contributed by atoms with van der Waals surface area (Å²) in [6, 6.07) is 14.4. The lowest BCUT2D eigenvalue weighted by Crippen LogP contribution is -2.37. The van der Waals surface area contributed by atoms with Crippen LogP contribution in [0.5, 0.6) is 5.75 Å². The molecule has 0 bridgehead atoms. The number of hydrogen-bond acceptors (Lipinski definition) is 6. The van der Waals surface area contributed by atoms with Crippen LogP contribution in [0.15, 0.2) is 54.7 Å². The molecular formula is C25H29N3O5. The molecule has 0 unspecified atom stereocenters. The molecular weight excluding hydrogens is 422 g/mol. The molecule has 33 heavy (non-hydrogen) atoms. The van der Waals surface area contributed by atoms with E-state index in [9.17, 15) is 9.59 Å². The van der Waals surface area contributed by atoms with E-state index in [1.807, 2.05) is 18.3 Å². The molecule has 0 atom stereocenters. The van der Waals surface area contributed by atoms with E-state index in [0.29, 0.717) is 17.9 Å². The predicted molar refractivity (Wildman–Crippen MR) is 123 cm³/mol. The van der Waals surface area contributed by atoms with Gasteiger partial charge in [0, 0.05) is 5.56 Å². The number of carboxylic acids is 1. The first-order chi connectivity index (χ1) is 15.5. The minimum absolute atomic E-state index is 0.0857. The first-order valence-corrected chi connectivity index (χ1v) is 10.7. The number of carbonyl (C=O) groups excluding carboxylic acids is 1. The lowest BCUT2D eigenvalue weighted by molar-refractivity contribution is -0.152. The first-order valence-electron chi connectivity index (χ1n) is 10.7. The average molecular weight is 452 g/mol. The van der Waals surface area contributed by atoms with Gasteiger partial charge in [0.15, 0.2) is 5.60 Å². The van der Waals surface area contributed by atoms with Gasteiger partial charge in [-0.05, 0) is 49.1 Å². The molecule has 0 amide bonds. The summed E-state index contributed by atoms with van der Waals surface area (Å²) in [6.07, 6.45) is 1.82. The van der Waals surface area contributed by atoms with E-state index in [0.717, 1.165) is 11.3 Å². The number of aliphatic carboxylic acids is 1. The molecule has 8 nitrogen and oxygen atoms in total. The van der Waals surface area contributed by atoms with Crippen molar-refractivity contribution >= 4 is 11.9 Å². The van der Waals surface area contributed by atoms with Crippen LogP contribution >= 0.6 is 0 Å². The third kappa shape index (κ3) is 6.19. The zero-order chi connectivity index (χ0) is 24.2. The van der Waals surface area contributed by atoms with Crippen molar-refractivity contribution in [3.8, 4) is 17.0 Å². The van der Waals surface area contributed by atoms with Crippen LogP contribution in [-0.4, -0.2) is 44.2 Å². The van der Waals surface area contributed by atoms with E-state index in [-0.39, 0.29) is 12.0 Å². The molecule has 2 aromatic carbocycles. The number of esters is 1. The van der Waals surface area contributed by atoms with E-state index >= 15 is 0 Å². The van der Waals surface area contributed by atoms with Crippen LogP contribution in [0.3, 0.4) is 0 Å². The van der Waals surface area contributed by atoms with Gasteiger partial charge in [-0.25, -0.2) is 14.3 Å². The summed E-state index contributed by atoms with van der Waals surface area (Å²) in [5.41, 5.74) is 2.03. The minimum Gasteiger partial charge on any atom is -0.478 e. The lowest BCUT2D eigenvalue weighted by Gasteiger charge is -2.21. The van der Waals surface area contributed by atoms with Crippen molar-refractivity contribution in [2.45, 2.75) is 52.2 Å². The Morgan fingerprint density at radius 1 is 0.970 bits per heavy atom. The number of aromatic nitrogens is 3. The highest BCUT2D eigenvalue weighted by Gasteiger charge is 2.29. The monoisotopic (exact) mass is 451 g/mol. The van der Waals surface area contributed by atoms with Gasteiger partial charge in [0.25, 0.3) is 0 Å². The predicted octanol–water partition coefficient (Wildman–Crippen LogP) is 4.34. The molecule has 8 heteroatoms. The Morgan fingerprint density at radius 2 is 1.61 bits per heavy atom. The average Bonchev–Trinajstić information content (AvgIpc) is 3.22. The van der Waals surface area contributed by atoms with Crippen LogP contribution in [0.4, 0.5) is 0 Å². The molecule has 0 aliphatic heterocycles. The van der Waals surface area contributed by atoms with Crippen LogP contribution in [0, 0.1) is 0 Å². The number of carboxylic acid groups (broad SMARTS) is 1. The maximum atomic E-state index is 12.3. The lowest BCUT2D eigenvalue weighted by atomic mass is 9.86. The van der Waals surface area contributed by atoms with Crippen molar-refractivity contribution in [2.24, 2.45) is 0 Å². The van der Waals surface area contributed by atoms with Crippen molar-refractivity contribution < 1.29 is 24.2 Å². The summed E-state index contributed by atoms with van der Waals surface area (Å²) < 4.78 is 12.4. The normalized spacial score (nSPS) is 11.8. The Morgan fingerprint density at radius 3 is 2.18 bits per heavy atom. The van der Waals surface area contributed by atoms with Gasteiger partial charge in [0.1, 0.15) is 18.1 Å². The number of benzene rings is 2. The van der Waals surface area contributed by atoms with Crippen molar-refractivity contribution in [1.82, 2.24) is 15.0 Å². The minimum atomic E-state index is -1.37. The molecule has 1 heterocycles. The van der Waals surface area contributed by atoms with E-state index in [1.54, 1.807) is 4.68 Å². The van der Waals surface area contributed by atoms with Crippen LogP contribution in [0.2, 0.25) is 0 Å². The second kappa shape index (κ2) is 9.44. The third-order valence-electron chi connectivity index (χ3n) is 5.12. The second-order valence-corrected chi connectivity index (χ2v) is 9.27. The smallest absolute Gasteiger partial charge is 0.347 e. The van der Waals surface area contributed by atoms with Gasteiger partial charge < -0.3 is 14.6 Å². The molecule has 0 spiro atoms. The zero-order valence-electron chi connectivity index (χ0n) is 19.5. The Kier molecular flexibility index (Phi) is 6.86. The van der Waals surface area contributed by atoms with E-state index < -0.39 is 17.5 Å². The standard InChI is InChI=1S/C25H29N3O5/c1-24(2,3)19-10-6-17(7-11-19)21-16-28(27-26-21)14-15-32-22(29)18-8-12-20(13-9-18)33-25(4,5)23(30)31/h6-13,16H,14-15H2,1-5H3,(H,30,31). The van der Waals surface area contributed by atoms with E-state index in [1.165, 1.54) is 43.7 Å². The van der Waals surface area contributed by atoms with Crippen molar-refractivity contribution in [3.63, 3.8) is 0 Å². The number of nitrogens with zero attached hydrogens (tertiary/aromatic N) is 3. The van der Waals surface area contributed by atoms with Crippen LogP contribution in [0.1, 0.15) is 50.5 Å². The number of hydrogen-bond donors (Lipinski definition) is 1. The molecule has 0 saturated heterocycles. The largest absolute Gasteiger partial charge is 0.478 e. The summed E-state index contributed by atoms with van der Waals surface area (Å²) in [7, 11) is 0. The Hall–Kier alpha value is -3.68. The van der Waals surface area contributed by atoms with Gasteiger partial charge in [-0.3, -0.25) is 0 Å². The van der Waals surface area contributed by atoms with Gasteiger partial charge in [0.2, 0.25) is 0 Å². The fourth-order valence-corrected chi connectivity index (χ4v) is 2.99. The van der Waals surface area contributed by atoms with E-state index in [2.05, 4.69) is 43.2 Å². The van der Waals surface area contributed by atoms with Crippen LogP contribution in [0.25, 0.3) is 11.3 Å². The van der Waals surface area contributed by atoms with Crippen LogP contribution < -0.4 is 4.74 Å². The summed E-state index contributed by atoms with van der Waals surface area (Å²) in [5, 5.41) is 17.4. The maximum Gasteiger partial charge on any atom is 0.347 e. The summed E-state index contributed by atoms with van der Waals surface area (Å²) in [5.74, 6) is -1.22. The summed E-state index contributed by atoms with van der Waals surface area (Å²) >= 11 is 0. The first kappa shape index (κ1) is 24.0. The number of rotatable bonds is 8. The maximum absolute atomic E-state index is 12.3. The summed E-state index contributed by atoms with van der Waals surface area (Å²) in [6.45, 7) is 9.91. The topological polar surface area (TPSA) is 104 Å². The molecule has 1 aromatic heterocycles. The number of carbonyl (C=O) groups is 2. The van der Waals surface area contributed by atoms with Gasteiger partial charge in [-0.15, -0.1) is 5.10 Å².